The topological polar surface area (TPSA) is 83.4 Å². The molecular weight excluding hydrogens is 484 g/mol. The fraction of sp³-hybridized carbons (Fsp3) is 0.520. The Morgan fingerprint density at radius 2 is 1.53 bits per heavy atom. The molecule has 11 heteroatoms. The van der Waals surface area contributed by atoms with Crippen molar-refractivity contribution in [3.8, 4) is 17.2 Å². The quantitative estimate of drug-likeness (QED) is 0.374. The van der Waals surface area contributed by atoms with Gasteiger partial charge in [-0.05, 0) is 62.3 Å². The lowest BCUT2D eigenvalue weighted by molar-refractivity contribution is -0.140. The van der Waals surface area contributed by atoms with Crippen molar-refractivity contribution in [1.29, 1.82) is 0 Å². The molecule has 2 atom stereocenters. The fourth-order valence-electron chi connectivity index (χ4n) is 3.90. The number of methoxy groups -OCH3 is 1. The van der Waals surface area contributed by atoms with E-state index in [0.717, 1.165) is 37.7 Å². The number of hydrogen-bond acceptors (Lipinski definition) is 7. The van der Waals surface area contributed by atoms with Crippen LogP contribution in [-0.2, 0) is 6.18 Å². The van der Waals surface area contributed by atoms with E-state index in [1.807, 2.05) is 0 Å². The monoisotopic (exact) mass is 516 g/mol. The molecule has 0 aliphatic carbocycles. The van der Waals surface area contributed by atoms with E-state index in [2.05, 4.69) is 10.2 Å². The summed E-state index contributed by atoms with van der Waals surface area (Å²) in [5.41, 5.74) is -1.36. The van der Waals surface area contributed by atoms with Gasteiger partial charge in [0.2, 0.25) is 0 Å². The van der Waals surface area contributed by atoms with Gasteiger partial charge >= 0.3 is 6.18 Å². The SMILES string of the molecule is COc1ccc(OC[C@H](O)CNC2CCN(C[C@@H](O)COc3ccc(C(F)(F)F)c(F)c3)CC2)cc1. The summed E-state index contributed by atoms with van der Waals surface area (Å²) in [6.07, 6.45) is -4.67. The number of hydrogen-bond donors (Lipinski definition) is 3. The van der Waals surface area contributed by atoms with Gasteiger partial charge in [0.25, 0.3) is 0 Å². The summed E-state index contributed by atoms with van der Waals surface area (Å²) in [7, 11) is 1.59. The second-order valence-corrected chi connectivity index (χ2v) is 8.73. The van der Waals surface area contributed by atoms with Crippen LogP contribution in [0.25, 0.3) is 0 Å². The number of likely N-dealkylation sites (tertiary alicyclic amines) is 1. The lowest BCUT2D eigenvalue weighted by atomic mass is 10.0. The largest absolute Gasteiger partial charge is 0.497 e. The van der Waals surface area contributed by atoms with Crippen LogP contribution in [0.4, 0.5) is 17.6 Å². The molecule has 2 aromatic carbocycles. The van der Waals surface area contributed by atoms with Gasteiger partial charge in [-0.15, -0.1) is 0 Å². The standard InChI is InChI=1S/C25H32F4N2O5/c1-34-20-2-4-21(5-3-20)35-15-18(32)13-30-17-8-10-31(11-9-17)14-19(33)16-36-22-6-7-23(24(26)12-22)25(27,28)29/h2-7,12,17-19,30,32-33H,8-11,13-16H2,1H3/t18-,19-/m1/s1. The molecule has 0 bridgehead atoms. The summed E-state index contributed by atoms with van der Waals surface area (Å²) in [6.45, 7) is 2.16. The highest BCUT2D eigenvalue weighted by molar-refractivity contribution is 5.31. The van der Waals surface area contributed by atoms with Crippen LogP contribution in [0.1, 0.15) is 18.4 Å². The molecule has 0 spiro atoms. The van der Waals surface area contributed by atoms with Gasteiger partial charge in [0.15, 0.2) is 0 Å². The number of alkyl halides is 3. The maximum atomic E-state index is 13.6. The molecular formula is C25H32F4N2O5. The van der Waals surface area contributed by atoms with E-state index in [-0.39, 0.29) is 25.0 Å². The van der Waals surface area contributed by atoms with Gasteiger partial charge in [-0.2, -0.15) is 13.2 Å². The Labute approximate surface area is 207 Å². The average molecular weight is 517 g/mol. The molecule has 0 unspecified atom stereocenters. The van der Waals surface area contributed by atoms with Gasteiger partial charge in [0.1, 0.15) is 48.5 Å². The van der Waals surface area contributed by atoms with Crippen molar-refractivity contribution in [1.82, 2.24) is 10.2 Å². The van der Waals surface area contributed by atoms with Crippen molar-refractivity contribution in [2.75, 3.05) is 46.5 Å². The molecule has 7 nitrogen and oxygen atoms in total. The van der Waals surface area contributed by atoms with E-state index in [4.69, 9.17) is 14.2 Å². The molecule has 1 aliphatic heterocycles. The highest BCUT2D eigenvalue weighted by atomic mass is 19.4. The van der Waals surface area contributed by atoms with Crippen LogP contribution in [0.2, 0.25) is 0 Å². The Morgan fingerprint density at radius 3 is 2.14 bits per heavy atom. The number of nitrogens with zero attached hydrogens (tertiary/aromatic N) is 1. The molecule has 3 N–H and O–H groups in total. The average Bonchev–Trinajstić information content (AvgIpc) is 2.85. The lowest BCUT2D eigenvalue weighted by Crippen LogP contribution is -2.47. The van der Waals surface area contributed by atoms with Crippen LogP contribution in [0.15, 0.2) is 42.5 Å². The first-order valence-electron chi connectivity index (χ1n) is 11.7. The van der Waals surface area contributed by atoms with Crippen molar-refractivity contribution in [3.63, 3.8) is 0 Å². The first-order chi connectivity index (χ1) is 17.1. The zero-order valence-electron chi connectivity index (χ0n) is 20.0. The van der Waals surface area contributed by atoms with Crippen LogP contribution >= 0.6 is 0 Å². The molecule has 1 aliphatic rings. The van der Waals surface area contributed by atoms with E-state index in [1.54, 1.807) is 31.4 Å². The minimum Gasteiger partial charge on any atom is -0.497 e. The summed E-state index contributed by atoms with van der Waals surface area (Å²) < 4.78 is 67.5. The van der Waals surface area contributed by atoms with Crippen LogP contribution < -0.4 is 19.5 Å². The number of aliphatic hydroxyl groups excluding tert-OH is 2. The van der Waals surface area contributed by atoms with Crippen molar-refractivity contribution in [3.05, 3.63) is 53.8 Å². The van der Waals surface area contributed by atoms with Crippen LogP contribution in [0.3, 0.4) is 0 Å². The maximum absolute atomic E-state index is 13.6. The molecule has 0 aromatic heterocycles. The summed E-state index contributed by atoms with van der Waals surface area (Å²) in [6, 6.07) is 9.66. The van der Waals surface area contributed by atoms with Gasteiger partial charge in [-0.25, -0.2) is 4.39 Å². The van der Waals surface area contributed by atoms with Gasteiger partial charge in [0.05, 0.1) is 12.7 Å². The highest BCUT2D eigenvalue weighted by Gasteiger charge is 2.34. The molecule has 0 saturated carbocycles. The fourth-order valence-corrected chi connectivity index (χ4v) is 3.90. The minimum atomic E-state index is -4.77. The maximum Gasteiger partial charge on any atom is 0.419 e. The third kappa shape index (κ3) is 8.81. The molecule has 3 rings (SSSR count). The number of β-amino-alcohol motifs (C(OH)–C–C–N with tert-alkyl or cyclic N) is 1. The van der Waals surface area contributed by atoms with Crippen LogP contribution in [0.5, 0.6) is 17.2 Å². The molecule has 1 heterocycles. The summed E-state index contributed by atoms with van der Waals surface area (Å²) in [4.78, 5) is 2.06. The smallest absolute Gasteiger partial charge is 0.419 e. The molecule has 0 radical (unpaired) electrons. The molecule has 2 aromatic rings. The number of rotatable bonds is 12. The lowest BCUT2D eigenvalue weighted by Gasteiger charge is -2.33. The summed E-state index contributed by atoms with van der Waals surface area (Å²) in [5.74, 6) is -0.113. The highest BCUT2D eigenvalue weighted by Crippen LogP contribution is 2.32. The van der Waals surface area contributed by atoms with Crippen molar-refractivity contribution in [2.45, 2.75) is 37.3 Å². The Morgan fingerprint density at radius 1 is 0.944 bits per heavy atom. The van der Waals surface area contributed by atoms with E-state index in [9.17, 15) is 27.8 Å². The molecule has 0 amide bonds. The van der Waals surface area contributed by atoms with Crippen molar-refractivity contribution < 1.29 is 42.0 Å². The Balaban J connectivity index is 1.30. The zero-order valence-corrected chi connectivity index (χ0v) is 20.0. The first kappa shape index (κ1) is 28.0. The number of aliphatic hydroxyl groups is 2. The van der Waals surface area contributed by atoms with E-state index in [1.165, 1.54) is 0 Å². The first-order valence-corrected chi connectivity index (χ1v) is 11.7. The van der Waals surface area contributed by atoms with Crippen molar-refractivity contribution >= 4 is 0 Å². The van der Waals surface area contributed by atoms with Crippen LogP contribution in [-0.4, -0.2) is 79.9 Å². The Kier molecular flexibility index (Phi) is 10.2. The normalized spacial score (nSPS) is 17.0. The third-order valence-electron chi connectivity index (χ3n) is 5.89. The number of nitrogens with one attached hydrogen (secondary N) is 1. The van der Waals surface area contributed by atoms with Gasteiger partial charge in [-0.3, -0.25) is 0 Å². The number of piperidine rings is 1. The Hall–Kier alpha value is -2.60. The molecule has 1 saturated heterocycles. The number of benzene rings is 2. The second-order valence-electron chi connectivity index (χ2n) is 8.73. The predicted molar refractivity (Wildman–Crippen MR) is 125 cm³/mol. The second kappa shape index (κ2) is 13.1. The number of ether oxygens (including phenoxy) is 3. The van der Waals surface area contributed by atoms with Crippen molar-refractivity contribution in [2.24, 2.45) is 0 Å². The molecule has 36 heavy (non-hydrogen) atoms. The van der Waals surface area contributed by atoms with Gasteiger partial charge in [-0.1, -0.05) is 0 Å². The molecule has 200 valence electrons. The van der Waals surface area contributed by atoms with E-state index >= 15 is 0 Å². The van der Waals surface area contributed by atoms with Gasteiger partial charge < -0.3 is 34.6 Å². The van der Waals surface area contributed by atoms with Gasteiger partial charge in [0, 0.05) is 25.2 Å². The summed E-state index contributed by atoms with van der Waals surface area (Å²) in [5, 5.41) is 23.8. The zero-order chi connectivity index (χ0) is 26.1. The van der Waals surface area contributed by atoms with E-state index < -0.39 is 29.8 Å². The predicted octanol–water partition coefficient (Wildman–Crippen LogP) is 3.09. The Bertz CT molecular complexity index is 937. The number of halogens is 4. The van der Waals surface area contributed by atoms with E-state index in [0.29, 0.717) is 31.0 Å². The summed E-state index contributed by atoms with van der Waals surface area (Å²) >= 11 is 0. The minimum absolute atomic E-state index is 0.0722. The van der Waals surface area contributed by atoms with Crippen LogP contribution in [0, 0.1) is 5.82 Å². The third-order valence-corrected chi connectivity index (χ3v) is 5.89. The molecule has 1 fully saturated rings.